The van der Waals surface area contributed by atoms with E-state index in [0.29, 0.717) is 22.6 Å². The number of nitro benzene ring substituents is 1. The molecule has 1 N–H and O–H groups in total. The van der Waals surface area contributed by atoms with Crippen molar-refractivity contribution in [2.45, 2.75) is 18.9 Å². The fourth-order valence-electron chi connectivity index (χ4n) is 2.52. The Kier molecular flexibility index (Phi) is 3.73. The van der Waals surface area contributed by atoms with E-state index in [1.54, 1.807) is 24.4 Å². The molecule has 0 aliphatic carbocycles. The average molecular weight is 289 g/mol. The Labute approximate surface area is 120 Å². The van der Waals surface area contributed by atoms with Crippen molar-refractivity contribution in [2.75, 3.05) is 16.8 Å². The summed E-state index contributed by atoms with van der Waals surface area (Å²) >= 11 is 1.90. The molecule has 1 atom stereocenters. The predicted molar refractivity (Wildman–Crippen MR) is 82.4 cm³/mol. The molecule has 1 saturated heterocycles. The zero-order chi connectivity index (χ0) is 13.9. The summed E-state index contributed by atoms with van der Waals surface area (Å²) in [5.41, 5.74) is 1.39. The Morgan fingerprint density at radius 2 is 2.30 bits per heavy atom. The van der Waals surface area contributed by atoms with Gasteiger partial charge in [-0.3, -0.25) is 15.1 Å². The van der Waals surface area contributed by atoms with Crippen LogP contribution in [0.1, 0.15) is 12.8 Å². The van der Waals surface area contributed by atoms with Crippen molar-refractivity contribution in [3.63, 3.8) is 0 Å². The van der Waals surface area contributed by atoms with E-state index < -0.39 is 0 Å². The second-order valence-corrected chi connectivity index (χ2v) is 6.00. The van der Waals surface area contributed by atoms with Gasteiger partial charge in [0.2, 0.25) is 0 Å². The molecule has 104 valence electrons. The Morgan fingerprint density at radius 3 is 3.05 bits per heavy atom. The number of nitrogens with one attached hydrogen (secondary N) is 1. The molecule has 0 bridgehead atoms. The molecule has 0 spiro atoms. The van der Waals surface area contributed by atoms with E-state index in [9.17, 15) is 10.1 Å². The molecule has 1 aromatic carbocycles. The third-order valence-corrected chi connectivity index (χ3v) is 4.67. The first kappa shape index (κ1) is 13.2. The number of rotatable bonds is 3. The molecule has 1 aliphatic rings. The Balaban J connectivity index is 2.01. The lowest BCUT2D eigenvalue weighted by Crippen LogP contribution is -2.26. The fraction of sp³-hybridized carbons (Fsp3) is 0.357. The largest absolute Gasteiger partial charge is 0.376 e. The quantitative estimate of drug-likeness (QED) is 0.692. The van der Waals surface area contributed by atoms with Crippen molar-refractivity contribution in [2.24, 2.45) is 0 Å². The van der Waals surface area contributed by atoms with Gasteiger partial charge in [0, 0.05) is 18.0 Å². The summed E-state index contributed by atoms with van der Waals surface area (Å²) in [6.45, 7) is 0. The number of hydrogen-bond acceptors (Lipinski definition) is 5. The topological polar surface area (TPSA) is 68.1 Å². The van der Waals surface area contributed by atoms with Gasteiger partial charge in [-0.2, -0.15) is 11.8 Å². The number of anilines is 1. The van der Waals surface area contributed by atoms with Gasteiger partial charge in [0.25, 0.3) is 0 Å². The highest BCUT2D eigenvalue weighted by Gasteiger charge is 2.22. The summed E-state index contributed by atoms with van der Waals surface area (Å²) in [5, 5.41) is 15.3. The van der Waals surface area contributed by atoms with E-state index in [4.69, 9.17) is 0 Å². The molecule has 0 saturated carbocycles. The zero-order valence-corrected chi connectivity index (χ0v) is 11.7. The van der Waals surface area contributed by atoms with Gasteiger partial charge in [-0.25, -0.2) is 0 Å². The van der Waals surface area contributed by atoms with Gasteiger partial charge >= 0.3 is 5.69 Å². The summed E-state index contributed by atoms with van der Waals surface area (Å²) in [6, 6.07) is 7.39. The maximum absolute atomic E-state index is 11.4. The van der Waals surface area contributed by atoms with Crippen LogP contribution in [0.15, 0.2) is 30.5 Å². The summed E-state index contributed by atoms with van der Waals surface area (Å²) in [7, 11) is 0. The van der Waals surface area contributed by atoms with Crippen molar-refractivity contribution < 1.29 is 4.92 Å². The lowest BCUT2D eigenvalue weighted by atomic mass is 10.1. The summed E-state index contributed by atoms with van der Waals surface area (Å²) < 4.78 is 0. The molecule has 20 heavy (non-hydrogen) atoms. The molecule has 1 aromatic heterocycles. The maximum Gasteiger partial charge on any atom is 0.301 e. The second kappa shape index (κ2) is 5.66. The predicted octanol–water partition coefficient (Wildman–Crippen LogP) is 3.45. The highest BCUT2D eigenvalue weighted by Crippen LogP contribution is 2.34. The highest BCUT2D eigenvalue weighted by molar-refractivity contribution is 7.99. The van der Waals surface area contributed by atoms with Crippen LogP contribution in [0.5, 0.6) is 0 Å². The highest BCUT2D eigenvalue weighted by atomic mass is 32.2. The van der Waals surface area contributed by atoms with Crippen molar-refractivity contribution in [3.05, 3.63) is 40.6 Å². The van der Waals surface area contributed by atoms with E-state index in [1.807, 2.05) is 17.8 Å². The minimum Gasteiger partial charge on any atom is -0.376 e. The minimum atomic E-state index is -0.317. The van der Waals surface area contributed by atoms with E-state index >= 15 is 0 Å². The van der Waals surface area contributed by atoms with Crippen molar-refractivity contribution in [1.82, 2.24) is 4.98 Å². The van der Waals surface area contributed by atoms with Crippen LogP contribution >= 0.6 is 11.8 Å². The van der Waals surface area contributed by atoms with Crippen LogP contribution in [0.2, 0.25) is 0 Å². The number of thioether (sulfide) groups is 1. The zero-order valence-electron chi connectivity index (χ0n) is 10.9. The third kappa shape index (κ3) is 2.56. The maximum atomic E-state index is 11.4. The monoisotopic (exact) mass is 289 g/mol. The van der Waals surface area contributed by atoms with Crippen LogP contribution in [-0.2, 0) is 0 Å². The number of nitrogens with zero attached hydrogens (tertiary/aromatic N) is 2. The average Bonchev–Trinajstić information content (AvgIpc) is 2.47. The van der Waals surface area contributed by atoms with Crippen LogP contribution in [0.4, 0.5) is 11.4 Å². The second-order valence-electron chi connectivity index (χ2n) is 4.85. The third-order valence-electron chi connectivity index (χ3n) is 3.46. The molecule has 1 aliphatic heterocycles. The van der Waals surface area contributed by atoms with E-state index in [0.717, 1.165) is 18.6 Å². The van der Waals surface area contributed by atoms with E-state index in [2.05, 4.69) is 10.3 Å². The first-order valence-electron chi connectivity index (χ1n) is 6.62. The summed E-state index contributed by atoms with van der Waals surface area (Å²) in [6.07, 6.45) is 3.87. The van der Waals surface area contributed by atoms with Gasteiger partial charge in [0.05, 0.1) is 15.8 Å². The first-order valence-corrected chi connectivity index (χ1v) is 7.77. The molecule has 2 heterocycles. The Morgan fingerprint density at radius 1 is 1.40 bits per heavy atom. The summed E-state index contributed by atoms with van der Waals surface area (Å²) in [4.78, 5) is 15.3. The molecule has 0 amide bonds. The lowest BCUT2D eigenvalue weighted by Gasteiger charge is -2.23. The van der Waals surface area contributed by atoms with Crippen molar-refractivity contribution in [3.8, 4) is 0 Å². The number of hydrogen-bond donors (Lipinski definition) is 1. The minimum absolute atomic E-state index is 0.131. The number of benzene rings is 1. The smallest absolute Gasteiger partial charge is 0.301 e. The van der Waals surface area contributed by atoms with Crippen molar-refractivity contribution in [1.29, 1.82) is 0 Å². The van der Waals surface area contributed by atoms with Gasteiger partial charge in [-0.15, -0.1) is 0 Å². The van der Waals surface area contributed by atoms with Crippen molar-refractivity contribution >= 4 is 34.0 Å². The van der Waals surface area contributed by atoms with Crippen LogP contribution < -0.4 is 5.32 Å². The number of fused-ring (bicyclic) bond motifs is 1. The van der Waals surface area contributed by atoms with Crippen LogP contribution in [0.3, 0.4) is 0 Å². The molecule has 3 rings (SSSR count). The molecular weight excluding hydrogens is 274 g/mol. The SMILES string of the molecule is O=[N+]([O-])c1c(NC2CCCSC2)ccc2ncccc12. The Hall–Kier alpha value is -1.82. The fourth-order valence-corrected chi connectivity index (χ4v) is 3.60. The lowest BCUT2D eigenvalue weighted by molar-refractivity contribution is -0.382. The number of nitro groups is 1. The van der Waals surface area contributed by atoms with E-state index in [-0.39, 0.29) is 10.6 Å². The molecule has 1 unspecified atom stereocenters. The standard InChI is InChI=1S/C14H15N3O2S/c18-17(19)14-11-4-1-7-15-12(11)5-6-13(14)16-10-3-2-8-20-9-10/h1,4-7,10,16H,2-3,8-9H2. The van der Waals surface area contributed by atoms with Gasteiger partial charge < -0.3 is 5.32 Å². The number of pyridine rings is 1. The van der Waals surface area contributed by atoms with E-state index in [1.165, 1.54) is 5.75 Å². The summed E-state index contributed by atoms with van der Waals surface area (Å²) in [5.74, 6) is 2.18. The van der Waals surface area contributed by atoms with Crippen LogP contribution in [-0.4, -0.2) is 27.5 Å². The Bertz CT molecular complexity index is 641. The van der Waals surface area contributed by atoms with Gasteiger partial charge in [0.15, 0.2) is 0 Å². The van der Waals surface area contributed by atoms with Gasteiger partial charge in [0.1, 0.15) is 5.69 Å². The number of aromatic nitrogens is 1. The normalized spacial score (nSPS) is 18.9. The molecule has 6 heteroatoms. The molecule has 2 aromatic rings. The van der Waals surface area contributed by atoms with Gasteiger partial charge in [-0.1, -0.05) is 0 Å². The van der Waals surface area contributed by atoms with Crippen LogP contribution in [0.25, 0.3) is 10.9 Å². The van der Waals surface area contributed by atoms with Crippen LogP contribution in [0, 0.1) is 10.1 Å². The molecule has 5 nitrogen and oxygen atoms in total. The molecular formula is C14H15N3O2S. The van der Waals surface area contributed by atoms with Gasteiger partial charge in [-0.05, 0) is 42.9 Å². The molecule has 1 fully saturated rings. The first-order chi connectivity index (χ1) is 9.75. The molecule has 0 radical (unpaired) electrons.